The fourth-order valence-corrected chi connectivity index (χ4v) is 2.69. The van der Waals surface area contributed by atoms with E-state index >= 15 is 0 Å². The first-order valence-corrected chi connectivity index (χ1v) is 4.89. The lowest BCUT2D eigenvalue weighted by Gasteiger charge is -2.26. The average Bonchev–Trinajstić information content (AvgIpc) is 2.38. The molecule has 0 bridgehead atoms. The number of hydrogen-bond acceptors (Lipinski definition) is 2. The maximum Gasteiger partial charge on any atom is 0.522 e. The molecule has 2 heterocycles. The molecule has 0 amide bonds. The van der Waals surface area contributed by atoms with Crippen LogP contribution in [-0.2, 0) is 4.74 Å². The van der Waals surface area contributed by atoms with Crippen LogP contribution in [0.4, 0.5) is 13.2 Å². The van der Waals surface area contributed by atoms with Crippen molar-refractivity contribution in [3.63, 3.8) is 0 Å². The zero-order valence-electron chi connectivity index (χ0n) is 8.10. The molecule has 5 heteroatoms. The van der Waals surface area contributed by atoms with Gasteiger partial charge >= 0.3 is 6.36 Å². The van der Waals surface area contributed by atoms with Crippen LogP contribution in [0.3, 0.4) is 0 Å². The van der Waals surface area contributed by atoms with Gasteiger partial charge in [-0.2, -0.15) is 0 Å². The fraction of sp³-hybridized carbons (Fsp3) is 1.00. The van der Waals surface area contributed by atoms with E-state index in [-0.39, 0.29) is 5.54 Å². The molecule has 0 radical (unpaired) electrons. The first kappa shape index (κ1) is 10.2. The van der Waals surface area contributed by atoms with E-state index in [1.807, 2.05) is 6.92 Å². The molecule has 82 valence electrons. The largest absolute Gasteiger partial charge is 0.522 e. The summed E-state index contributed by atoms with van der Waals surface area (Å²) < 4.78 is 40.0. The molecule has 2 aliphatic rings. The molecule has 0 aromatic carbocycles. The van der Waals surface area contributed by atoms with E-state index < -0.39 is 12.5 Å². The molecule has 0 saturated carbocycles. The lowest BCUT2D eigenvalue weighted by molar-refractivity contribution is -0.340. The molecule has 2 aliphatic heterocycles. The van der Waals surface area contributed by atoms with E-state index in [2.05, 4.69) is 9.64 Å². The van der Waals surface area contributed by atoms with Crippen molar-refractivity contribution in [3.05, 3.63) is 0 Å². The molecule has 2 rings (SSSR count). The van der Waals surface area contributed by atoms with Gasteiger partial charge < -0.3 is 0 Å². The predicted octanol–water partition coefficient (Wildman–Crippen LogP) is 2.15. The first-order chi connectivity index (χ1) is 6.39. The summed E-state index contributed by atoms with van der Waals surface area (Å²) in [4.78, 5) is 2.11. The minimum Gasteiger partial charge on any atom is -0.295 e. The van der Waals surface area contributed by atoms with Gasteiger partial charge in [-0.25, -0.2) is 0 Å². The monoisotopic (exact) mass is 209 g/mol. The standard InChI is InChI=1S/C9H14F3NO/c1-8-3-2-4-13(8)6-7(5-8)14-9(10,11)12/h7H,2-6H2,1H3. The molecule has 0 spiro atoms. The van der Waals surface area contributed by atoms with Crippen molar-refractivity contribution in [3.8, 4) is 0 Å². The van der Waals surface area contributed by atoms with Crippen molar-refractivity contribution in [1.82, 2.24) is 4.90 Å². The van der Waals surface area contributed by atoms with Crippen molar-refractivity contribution >= 4 is 0 Å². The topological polar surface area (TPSA) is 12.5 Å². The van der Waals surface area contributed by atoms with Gasteiger partial charge in [0, 0.05) is 12.1 Å². The van der Waals surface area contributed by atoms with Crippen molar-refractivity contribution in [2.75, 3.05) is 13.1 Å². The SMILES string of the molecule is CC12CCCN1CC(OC(F)(F)F)C2. The van der Waals surface area contributed by atoms with E-state index in [0.29, 0.717) is 13.0 Å². The Morgan fingerprint density at radius 2 is 2.14 bits per heavy atom. The van der Waals surface area contributed by atoms with E-state index in [1.54, 1.807) is 0 Å². The Kier molecular flexibility index (Phi) is 2.27. The number of nitrogens with zero attached hydrogens (tertiary/aromatic N) is 1. The Balaban J connectivity index is 1.95. The summed E-state index contributed by atoms with van der Waals surface area (Å²) >= 11 is 0. The minimum absolute atomic E-state index is 0.0457. The van der Waals surface area contributed by atoms with Crippen LogP contribution in [0.2, 0.25) is 0 Å². The third kappa shape index (κ3) is 1.88. The highest BCUT2D eigenvalue weighted by molar-refractivity contribution is 5.00. The Bertz CT molecular complexity index is 231. The van der Waals surface area contributed by atoms with Gasteiger partial charge in [0.05, 0.1) is 6.10 Å². The highest BCUT2D eigenvalue weighted by Crippen LogP contribution is 2.40. The molecule has 2 atom stereocenters. The normalized spacial score (nSPS) is 39.0. The van der Waals surface area contributed by atoms with Gasteiger partial charge in [0.2, 0.25) is 0 Å². The van der Waals surface area contributed by atoms with Crippen LogP contribution in [0.15, 0.2) is 0 Å². The lowest BCUT2D eigenvalue weighted by Crippen LogP contribution is -2.34. The van der Waals surface area contributed by atoms with Crippen LogP contribution in [-0.4, -0.2) is 36.0 Å². The Labute approximate surface area is 81.0 Å². The van der Waals surface area contributed by atoms with Gasteiger partial charge in [0.25, 0.3) is 0 Å². The summed E-state index contributed by atoms with van der Waals surface area (Å²) in [5.74, 6) is 0. The van der Waals surface area contributed by atoms with Crippen LogP contribution in [0.25, 0.3) is 0 Å². The molecule has 0 aromatic rings. The second-order valence-corrected chi connectivity index (χ2v) is 4.44. The third-order valence-electron chi connectivity index (χ3n) is 3.30. The molecule has 2 fully saturated rings. The van der Waals surface area contributed by atoms with Gasteiger partial charge in [-0.3, -0.25) is 9.64 Å². The molecule has 2 unspecified atom stereocenters. The van der Waals surface area contributed by atoms with Gasteiger partial charge in [0.1, 0.15) is 0 Å². The molecule has 0 N–H and O–H groups in total. The van der Waals surface area contributed by atoms with Crippen LogP contribution < -0.4 is 0 Å². The molecule has 14 heavy (non-hydrogen) atoms. The van der Waals surface area contributed by atoms with Crippen molar-refractivity contribution in [1.29, 1.82) is 0 Å². The first-order valence-electron chi connectivity index (χ1n) is 4.89. The quantitative estimate of drug-likeness (QED) is 0.656. The number of alkyl halides is 3. The van der Waals surface area contributed by atoms with E-state index in [9.17, 15) is 13.2 Å². The highest BCUT2D eigenvalue weighted by atomic mass is 19.4. The highest BCUT2D eigenvalue weighted by Gasteiger charge is 2.48. The summed E-state index contributed by atoms with van der Waals surface area (Å²) in [5.41, 5.74) is -0.0457. The zero-order chi connectivity index (χ0) is 10.4. The minimum atomic E-state index is -4.49. The van der Waals surface area contributed by atoms with Crippen molar-refractivity contribution in [2.24, 2.45) is 0 Å². The second-order valence-electron chi connectivity index (χ2n) is 4.44. The van der Waals surface area contributed by atoms with Gasteiger partial charge in [-0.15, -0.1) is 13.2 Å². The van der Waals surface area contributed by atoms with Gasteiger partial charge in [-0.05, 0) is 32.7 Å². The molecule has 2 saturated heterocycles. The Hall–Kier alpha value is -0.290. The zero-order valence-corrected chi connectivity index (χ0v) is 8.10. The van der Waals surface area contributed by atoms with Crippen LogP contribution in [0.5, 0.6) is 0 Å². The molecular formula is C9H14F3NO. The Morgan fingerprint density at radius 1 is 1.43 bits per heavy atom. The number of rotatable bonds is 1. The molecule has 0 aliphatic carbocycles. The van der Waals surface area contributed by atoms with E-state index in [4.69, 9.17) is 0 Å². The average molecular weight is 209 g/mol. The number of halogens is 3. The summed E-state index contributed by atoms with van der Waals surface area (Å²) in [6, 6.07) is 0. The van der Waals surface area contributed by atoms with E-state index in [1.165, 1.54) is 0 Å². The number of fused-ring (bicyclic) bond motifs is 1. The van der Waals surface area contributed by atoms with Gasteiger partial charge in [-0.1, -0.05) is 0 Å². The van der Waals surface area contributed by atoms with Crippen LogP contribution in [0.1, 0.15) is 26.2 Å². The van der Waals surface area contributed by atoms with Crippen LogP contribution >= 0.6 is 0 Å². The number of ether oxygens (including phenoxy) is 1. The summed E-state index contributed by atoms with van der Waals surface area (Å²) in [5, 5.41) is 0. The fourth-order valence-electron chi connectivity index (χ4n) is 2.69. The number of hydrogen-bond donors (Lipinski definition) is 0. The maximum absolute atomic E-state index is 12.0. The molecule has 2 nitrogen and oxygen atoms in total. The van der Waals surface area contributed by atoms with E-state index in [0.717, 1.165) is 19.4 Å². The summed E-state index contributed by atoms with van der Waals surface area (Å²) in [6.45, 7) is 3.37. The second kappa shape index (κ2) is 3.10. The predicted molar refractivity (Wildman–Crippen MR) is 44.8 cm³/mol. The third-order valence-corrected chi connectivity index (χ3v) is 3.30. The molecular weight excluding hydrogens is 195 g/mol. The Morgan fingerprint density at radius 3 is 2.71 bits per heavy atom. The molecule has 0 aromatic heterocycles. The summed E-state index contributed by atoms with van der Waals surface area (Å²) in [7, 11) is 0. The van der Waals surface area contributed by atoms with Crippen molar-refractivity contribution < 1.29 is 17.9 Å². The van der Waals surface area contributed by atoms with Crippen molar-refractivity contribution in [2.45, 2.75) is 44.2 Å². The maximum atomic E-state index is 12.0. The smallest absolute Gasteiger partial charge is 0.295 e. The van der Waals surface area contributed by atoms with Crippen LogP contribution in [0, 0.1) is 0 Å². The van der Waals surface area contributed by atoms with Gasteiger partial charge in [0.15, 0.2) is 0 Å². The lowest BCUT2D eigenvalue weighted by atomic mass is 9.96. The summed E-state index contributed by atoms with van der Waals surface area (Å²) in [6.07, 6.45) is -2.56.